The van der Waals surface area contributed by atoms with Crippen LogP contribution in [0.4, 0.5) is 8.78 Å². The van der Waals surface area contributed by atoms with Crippen LogP contribution in [-0.2, 0) is 6.42 Å². The summed E-state index contributed by atoms with van der Waals surface area (Å²) in [5, 5.41) is 0. The summed E-state index contributed by atoms with van der Waals surface area (Å²) in [6.07, 6.45) is 18.9. The first-order chi connectivity index (χ1) is 17.0. The fraction of sp³-hybridized carbons (Fsp3) is 0.667. The molecular formula is C30H46F2N2O. The number of alkyl halides is 2. The quantitative estimate of drug-likeness (QED) is 0.174. The molecule has 3 nitrogen and oxygen atoms in total. The molecule has 0 radical (unpaired) electrons. The zero-order chi connectivity index (χ0) is 25.2. The van der Waals surface area contributed by atoms with E-state index in [1.165, 1.54) is 64.2 Å². The van der Waals surface area contributed by atoms with Crippen molar-refractivity contribution in [2.24, 2.45) is 0 Å². The smallest absolute Gasteiger partial charge is 0.397 e. The van der Waals surface area contributed by atoms with Gasteiger partial charge in [0.2, 0.25) is 0 Å². The number of hydrogen-bond donors (Lipinski definition) is 0. The highest BCUT2D eigenvalue weighted by Gasteiger charge is 2.30. The molecule has 0 spiro atoms. The minimum atomic E-state index is -3.14. The number of unbranched alkanes of at least 4 members (excludes halogenated alkanes) is 13. The van der Waals surface area contributed by atoms with Gasteiger partial charge in [-0.05, 0) is 49.1 Å². The Labute approximate surface area is 212 Å². The molecule has 0 saturated heterocycles. The molecule has 0 bridgehead atoms. The second-order valence-electron chi connectivity index (χ2n) is 9.77. The van der Waals surface area contributed by atoms with Gasteiger partial charge in [0.05, 0.1) is 6.42 Å². The first-order valence-corrected chi connectivity index (χ1v) is 14.0. The number of aryl methyl sites for hydroxylation is 1. The molecule has 0 fully saturated rings. The Morgan fingerprint density at radius 1 is 0.657 bits per heavy atom. The van der Waals surface area contributed by atoms with Gasteiger partial charge in [-0.3, -0.25) is 0 Å². The van der Waals surface area contributed by atoms with Crippen LogP contribution in [0.1, 0.15) is 122 Å². The topological polar surface area (TPSA) is 35.0 Å². The van der Waals surface area contributed by atoms with Gasteiger partial charge < -0.3 is 4.74 Å². The fourth-order valence-electron chi connectivity index (χ4n) is 4.28. The zero-order valence-electron chi connectivity index (χ0n) is 22.0. The number of aromatic nitrogens is 2. The van der Waals surface area contributed by atoms with Gasteiger partial charge in [0.1, 0.15) is 5.75 Å². The lowest BCUT2D eigenvalue weighted by atomic mass is 10.1. The van der Waals surface area contributed by atoms with Gasteiger partial charge in [-0.1, -0.05) is 97.3 Å². The van der Waals surface area contributed by atoms with Gasteiger partial charge in [0, 0.05) is 18.0 Å². The predicted octanol–water partition coefficient (Wildman–Crippen LogP) is 9.94. The molecule has 0 saturated carbocycles. The first-order valence-electron chi connectivity index (χ1n) is 14.0. The highest BCUT2D eigenvalue weighted by Crippen LogP contribution is 2.28. The third kappa shape index (κ3) is 13.0. The Bertz CT molecular complexity index is 778. The van der Waals surface area contributed by atoms with Crippen molar-refractivity contribution in [1.82, 2.24) is 9.97 Å². The number of nitrogens with zero attached hydrogens (tertiary/aromatic N) is 2. The molecule has 0 N–H and O–H groups in total. The largest absolute Gasteiger partial charge is 0.433 e. The maximum absolute atomic E-state index is 14.2. The molecule has 0 unspecified atom stereocenters. The molecule has 1 heterocycles. The number of benzene rings is 1. The normalized spacial score (nSPS) is 11.7. The zero-order valence-corrected chi connectivity index (χ0v) is 22.0. The molecular weight excluding hydrogens is 442 g/mol. The standard InChI is InChI=1S/C30H46F2N2O/c1-3-5-7-9-11-12-14-16-18-26-24-33-29(34-25-26)27-19-21-28(22-20-27)35-30(31,32)23-17-15-13-10-8-6-4-2/h19-22,24-25H,3-18,23H2,1-2H3. The molecule has 2 aromatic rings. The van der Waals surface area contributed by atoms with E-state index in [1.54, 1.807) is 24.3 Å². The Balaban J connectivity index is 1.69. The van der Waals surface area contributed by atoms with Crippen molar-refractivity contribution in [2.45, 2.75) is 129 Å². The van der Waals surface area contributed by atoms with Crippen LogP contribution in [0.15, 0.2) is 36.7 Å². The lowest BCUT2D eigenvalue weighted by molar-refractivity contribution is -0.181. The van der Waals surface area contributed by atoms with E-state index in [1.807, 2.05) is 12.4 Å². The summed E-state index contributed by atoms with van der Waals surface area (Å²) >= 11 is 0. The van der Waals surface area contributed by atoms with Gasteiger partial charge in [0.15, 0.2) is 5.82 Å². The van der Waals surface area contributed by atoms with Crippen LogP contribution in [0.2, 0.25) is 0 Å². The number of halogens is 2. The molecule has 2 rings (SSSR count). The van der Waals surface area contributed by atoms with Crippen LogP contribution in [-0.4, -0.2) is 16.1 Å². The number of ether oxygens (including phenoxy) is 1. The van der Waals surface area contributed by atoms with E-state index < -0.39 is 6.11 Å². The maximum Gasteiger partial charge on any atom is 0.397 e. The van der Waals surface area contributed by atoms with Crippen LogP contribution >= 0.6 is 0 Å². The minimum Gasteiger partial charge on any atom is -0.433 e. The second-order valence-corrected chi connectivity index (χ2v) is 9.77. The predicted molar refractivity (Wildman–Crippen MR) is 142 cm³/mol. The van der Waals surface area contributed by atoms with Crippen molar-refractivity contribution >= 4 is 0 Å². The van der Waals surface area contributed by atoms with E-state index in [4.69, 9.17) is 4.74 Å². The van der Waals surface area contributed by atoms with Crippen LogP contribution in [0.25, 0.3) is 11.4 Å². The Hall–Kier alpha value is -2.04. The van der Waals surface area contributed by atoms with E-state index in [0.717, 1.165) is 43.2 Å². The van der Waals surface area contributed by atoms with E-state index in [9.17, 15) is 8.78 Å². The summed E-state index contributed by atoms with van der Waals surface area (Å²) in [6.45, 7) is 4.42. The summed E-state index contributed by atoms with van der Waals surface area (Å²) in [5.41, 5.74) is 1.94. The van der Waals surface area contributed by atoms with E-state index in [2.05, 4.69) is 23.8 Å². The molecule has 0 aliphatic carbocycles. The lowest BCUT2D eigenvalue weighted by Gasteiger charge is -2.18. The molecule has 0 amide bonds. The first kappa shape index (κ1) is 29.2. The second kappa shape index (κ2) is 17.4. The fourth-order valence-corrected chi connectivity index (χ4v) is 4.28. The van der Waals surface area contributed by atoms with Gasteiger partial charge >= 0.3 is 6.11 Å². The van der Waals surface area contributed by atoms with Gasteiger partial charge in [-0.15, -0.1) is 0 Å². The highest BCUT2D eigenvalue weighted by atomic mass is 19.3. The lowest BCUT2D eigenvalue weighted by Crippen LogP contribution is -2.24. The summed E-state index contributed by atoms with van der Waals surface area (Å²) in [7, 11) is 0. The van der Waals surface area contributed by atoms with Crippen LogP contribution < -0.4 is 4.74 Å². The summed E-state index contributed by atoms with van der Waals surface area (Å²) < 4.78 is 33.3. The monoisotopic (exact) mass is 488 g/mol. The molecule has 196 valence electrons. The van der Waals surface area contributed by atoms with Gasteiger partial charge in [-0.2, -0.15) is 8.78 Å². The highest BCUT2D eigenvalue weighted by molar-refractivity contribution is 5.55. The van der Waals surface area contributed by atoms with E-state index in [-0.39, 0.29) is 12.2 Å². The summed E-state index contributed by atoms with van der Waals surface area (Å²) in [6, 6.07) is 6.64. The average molecular weight is 489 g/mol. The Morgan fingerprint density at radius 2 is 1.14 bits per heavy atom. The average Bonchev–Trinajstić information content (AvgIpc) is 2.86. The third-order valence-electron chi connectivity index (χ3n) is 6.48. The van der Waals surface area contributed by atoms with E-state index in [0.29, 0.717) is 12.2 Å². The van der Waals surface area contributed by atoms with Crippen molar-refractivity contribution in [3.05, 3.63) is 42.2 Å². The molecule has 5 heteroatoms. The Morgan fingerprint density at radius 3 is 1.69 bits per heavy atom. The van der Waals surface area contributed by atoms with Crippen molar-refractivity contribution < 1.29 is 13.5 Å². The SMILES string of the molecule is CCCCCCCCCCc1cnc(-c2ccc(OC(F)(F)CCCCCCCCC)cc2)nc1. The molecule has 1 aromatic carbocycles. The summed E-state index contributed by atoms with van der Waals surface area (Å²) in [5.74, 6) is 0.777. The maximum atomic E-state index is 14.2. The molecule has 0 aliphatic heterocycles. The van der Waals surface area contributed by atoms with Gasteiger partial charge in [0.25, 0.3) is 0 Å². The van der Waals surface area contributed by atoms with Crippen LogP contribution in [0, 0.1) is 0 Å². The third-order valence-corrected chi connectivity index (χ3v) is 6.48. The molecule has 0 aliphatic rings. The van der Waals surface area contributed by atoms with Gasteiger partial charge in [-0.25, -0.2) is 9.97 Å². The van der Waals surface area contributed by atoms with Crippen molar-refractivity contribution in [2.75, 3.05) is 0 Å². The van der Waals surface area contributed by atoms with Crippen molar-refractivity contribution in [3.8, 4) is 17.1 Å². The summed E-state index contributed by atoms with van der Waals surface area (Å²) in [4.78, 5) is 8.96. The van der Waals surface area contributed by atoms with Crippen LogP contribution in [0.5, 0.6) is 5.75 Å². The Kier molecular flexibility index (Phi) is 14.5. The van der Waals surface area contributed by atoms with Crippen molar-refractivity contribution in [1.29, 1.82) is 0 Å². The molecule has 0 atom stereocenters. The number of rotatable bonds is 20. The minimum absolute atomic E-state index is 0.174. The van der Waals surface area contributed by atoms with E-state index >= 15 is 0 Å². The van der Waals surface area contributed by atoms with Crippen LogP contribution in [0.3, 0.4) is 0 Å². The molecule has 35 heavy (non-hydrogen) atoms. The number of hydrogen-bond acceptors (Lipinski definition) is 3. The van der Waals surface area contributed by atoms with Crippen molar-refractivity contribution in [3.63, 3.8) is 0 Å². The molecule has 1 aromatic heterocycles.